The number of nitrogens with zero attached hydrogens (tertiary/aromatic N) is 1. The van der Waals surface area contributed by atoms with Gasteiger partial charge >= 0.3 is 11.7 Å². The zero-order chi connectivity index (χ0) is 13.9. The number of carboxylic acid groups (broad SMARTS) is 1. The molecule has 7 heteroatoms. The highest BCUT2D eigenvalue weighted by Gasteiger charge is 2.28. The molecule has 1 rings (SSSR count). The lowest BCUT2D eigenvalue weighted by molar-refractivity contribution is -0.390. The number of halogens is 1. The minimum Gasteiger partial charge on any atom is -0.480 e. The van der Waals surface area contributed by atoms with Crippen molar-refractivity contribution in [1.29, 1.82) is 0 Å². The van der Waals surface area contributed by atoms with Gasteiger partial charge in [-0.25, -0.2) is 0 Å². The Bertz CT molecular complexity index is 478. The van der Waals surface area contributed by atoms with Gasteiger partial charge in [-0.1, -0.05) is 19.9 Å². The molecule has 5 nitrogen and oxygen atoms in total. The molecule has 0 saturated heterocycles. The molecular weight excluding hydrogens is 261 g/mol. The van der Waals surface area contributed by atoms with Gasteiger partial charge in [0.1, 0.15) is 5.25 Å². The van der Waals surface area contributed by atoms with Gasteiger partial charge in [-0.05, 0) is 18.1 Å². The molecule has 1 N–H and O–H groups in total. The fourth-order valence-electron chi connectivity index (χ4n) is 1.38. The fraction of sp³-hybridized carbons (Fsp3) is 0.364. The van der Waals surface area contributed by atoms with Crippen molar-refractivity contribution in [1.82, 2.24) is 0 Å². The minimum atomic E-state index is -1.08. The molecule has 0 heterocycles. The lowest BCUT2D eigenvalue weighted by Crippen LogP contribution is -2.22. The Morgan fingerprint density at radius 1 is 1.50 bits per heavy atom. The van der Waals surface area contributed by atoms with Crippen LogP contribution in [-0.4, -0.2) is 21.2 Å². The van der Waals surface area contributed by atoms with Gasteiger partial charge in [0.2, 0.25) is 5.82 Å². The van der Waals surface area contributed by atoms with E-state index in [4.69, 9.17) is 5.11 Å². The Hall–Kier alpha value is -1.63. The Morgan fingerprint density at radius 2 is 2.11 bits per heavy atom. The lowest BCUT2D eigenvalue weighted by Gasteiger charge is -2.15. The Kier molecular flexibility index (Phi) is 4.66. The highest BCUT2D eigenvalue weighted by Crippen LogP contribution is 2.36. The number of para-hydroxylation sites is 1. The van der Waals surface area contributed by atoms with E-state index in [0.717, 1.165) is 17.8 Å². The summed E-state index contributed by atoms with van der Waals surface area (Å²) in [6.45, 7) is 3.38. The summed E-state index contributed by atoms with van der Waals surface area (Å²) < 4.78 is 13.4. The van der Waals surface area contributed by atoms with Crippen molar-refractivity contribution in [3.63, 3.8) is 0 Å². The maximum absolute atomic E-state index is 13.4. The predicted molar refractivity (Wildman–Crippen MR) is 65.2 cm³/mol. The highest BCUT2D eigenvalue weighted by molar-refractivity contribution is 8.00. The Balaban J connectivity index is 3.14. The number of hydrogen-bond donors (Lipinski definition) is 1. The van der Waals surface area contributed by atoms with Crippen LogP contribution in [0.2, 0.25) is 0 Å². The van der Waals surface area contributed by atoms with Crippen LogP contribution in [0.15, 0.2) is 23.1 Å². The zero-order valence-electron chi connectivity index (χ0n) is 9.79. The molecule has 1 aromatic carbocycles. The molecule has 0 saturated carbocycles. The second-order valence-corrected chi connectivity index (χ2v) is 5.15. The second-order valence-electron chi connectivity index (χ2n) is 3.96. The maximum atomic E-state index is 13.4. The first-order valence-electron chi connectivity index (χ1n) is 5.17. The van der Waals surface area contributed by atoms with E-state index in [0.29, 0.717) is 0 Å². The summed E-state index contributed by atoms with van der Waals surface area (Å²) in [5, 5.41) is 18.9. The largest absolute Gasteiger partial charge is 0.480 e. The second kappa shape index (κ2) is 5.81. The number of hydrogen-bond acceptors (Lipinski definition) is 4. The van der Waals surface area contributed by atoms with Crippen molar-refractivity contribution in [3.8, 4) is 0 Å². The topological polar surface area (TPSA) is 80.4 Å². The van der Waals surface area contributed by atoms with Crippen LogP contribution in [0.25, 0.3) is 0 Å². The first-order chi connectivity index (χ1) is 8.34. The summed E-state index contributed by atoms with van der Waals surface area (Å²) in [6, 6.07) is 3.65. The average molecular weight is 273 g/mol. The first kappa shape index (κ1) is 14.4. The van der Waals surface area contributed by atoms with Gasteiger partial charge in [0, 0.05) is 0 Å². The Morgan fingerprint density at radius 3 is 2.56 bits per heavy atom. The number of nitro groups is 1. The molecule has 0 amide bonds. The van der Waals surface area contributed by atoms with Crippen molar-refractivity contribution < 1.29 is 19.2 Å². The number of carboxylic acids is 1. The summed E-state index contributed by atoms with van der Waals surface area (Å²) in [7, 11) is 0. The fourth-order valence-corrected chi connectivity index (χ4v) is 2.46. The van der Waals surface area contributed by atoms with Crippen molar-refractivity contribution in [2.75, 3.05) is 0 Å². The number of benzene rings is 1. The van der Waals surface area contributed by atoms with Gasteiger partial charge < -0.3 is 5.11 Å². The van der Waals surface area contributed by atoms with E-state index in [1.807, 2.05) is 0 Å². The van der Waals surface area contributed by atoms with Gasteiger partial charge in [0.25, 0.3) is 0 Å². The molecule has 1 atom stereocenters. The van der Waals surface area contributed by atoms with E-state index in [9.17, 15) is 19.3 Å². The van der Waals surface area contributed by atoms with Gasteiger partial charge in [-0.15, -0.1) is 11.8 Å². The number of rotatable bonds is 5. The van der Waals surface area contributed by atoms with Crippen LogP contribution in [0.3, 0.4) is 0 Å². The van der Waals surface area contributed by atoms with Crippen molar-refractivity contribution >= 4 is 23.4 Å². The van der Waals surface area contributed by atoms with Crippen LogP contribution < -0.4 is 0 Å². The quantitative estimate of drug-likeness (QED) is 0.507. The standard InChI is InChI=1S/C11H12FNO4S/c1-6(2)10(11(14)15)18-8-5-3-4-7(12)9(8)13(16)17/h3-6,10H,1-2H3,(H,14,15). The highest BCUT2D eigenvalue weighted by atomic mass is 32.2. The molecule has 0 bridgehead atoms. The van der Waals surface area contributed by atoms with Crippen LogP contribution >= 0.6 is 11.8 Å². The molecule has 0 aliphatic rings. The lowest BCUT2D eigenvalue weighted by atomic mass is 10.1. The van der Waals surface area contributed by atoms with E-state index >= 15 is 0 Å². The van der Waals surface area contributed by atoms with Gasteiger partial charge in [0.15, 0.2) is 0 Å². The van der Waals surface area contributed by atoms with E-state index < -0.39 is 27.6 Å². The smallest absolute Gasteiger partial charge is 0.318 e. The molecule has 0 aliphatic carbocycles. The van der Waals surface area contributed by atoms with E-state index in [-0.39, 0.29) is 10.8 Å². The summed E-state index contributed by atoms with van der Waals surface area (Å²) >= 11 is 0.793. The zero-order valence-corrected chi connectivity index (χ0v) is 10.6. The van der Waals surface area contributed by atoms with Crippen LogP contribution in [0, 0.1) is 21.8 Å². The van der Waals surface area contributed by atoms with Gasteiger partial charge in [0.05, 0.1) is 9.82 Å². The van der Waals surface area contributed by atoms with Crippen molar-refractivity contribution in [2.45, 2.75) is 24.0 Å². The third-order valence-corrected chi connectivity index (χ3v) is 3.82. The molecule has 0 aliphatic heterocycles. The van der Waals surface area contributed by atoms with Gasteiger partial charge in [-0.3, -0.25) is 14.9 Å². The van der Waals surface area contributed by atoms with Gasteiger partial charge in [-0.2, -0.15) is 4.39 Å². The van der Waals surface area contributed by atoms with E-state index in [2.05, 4.69) is 0 Å². The first-order valence-corrected chi connectivity index (χ1v) is 6.05. The number of thioether (sulfide) groups is 1. The molecular formula is C11H12FNO4S. The van der Waals surface area contributed by atoms with Crippen LogP contribution in [0.1, 0.15) is 13.8 Å². The SMILES string of the molecule is CC(C)C(Sc1cccc(F)c1[N+](=O)[O-])C(=O)O. The molecule has 98 valence electrons. The third kappa shape index (κ3) is 3.19. The third-order valence-electron chi connectivity index (χ3n) is 2.24. The van der Waals surface area contributed by atoms with Crippen LogP contribution in [0.4, 0.5) is 10.1 Å². The molecule has 0 radical (unpaired) electrons. The molecule has 0 spiro atoms. The van der Waals surface area contributed by atoms with Crippen LogP contribution in [-0.2, 0) is 4.79 Å². The maximum Gasteiger partial charge on any atom is 0.318 e. The minimum absolute atomic E-state index is 0.0288. The summed E-state index contributed by atoms with van der Waals surface area (Å²) in [5.41, 5.74) is -0.672. The number of nitro benzene ring substituents is 1. The molecule has 18 heavy (non-hydrogen) atoms. The average Bonchev–Trinajstić information content (AvgIpc) is 2.24. The normalized spacial score (nSPS) is 12.4. The Labute approximate surface area is 107 Å². The number of aliphatic carboxylic acids is 1. The van der Waals surface area contributed by atoms with E-state index in [1.54, 1.807) is 13.8 Å². The summed E-state index contributed by atoms with van der Waals surface area (Å²) in [6.07, 6.45) is 0. The monoisotopic (exact) mass is 273 g/mol. The molecule has 0 aromatic heterocycles. The van der Waals surface area contributed by atoms with E-state index in [1.165, 1.54) is 12.1 Å². The van der Waals surface area contributed by atoms with Crippen LogP contribution in [0.5, 0.6) is 0 Å². The summed E-state index contributed by atoms with van der Waals surface area (Å²) in [4.78, 5) is 21.0. The molecule has 1 unspecified atom stereocenters. The summed E-state index contributed by atoms with van der Waals surface area (Å²) in [5.74, 6) is -2.26. The molecule has 1 aromatic rings. The van der Waals surface area contributed by atoms with Crippen molar-refractivity contribution in [3.05, 3.63) is 34.1 Å². The van der Waals surface area contributed by atoms with Crippen molar-refractivity contribution in [2.24, 2.45) is 5.92 Å². The molecule has 0 fully saturated rings. The predicted octanol–water partition coefficient (Wildman–Crippen LogP) is 2.94. The number of carbonyl (C=O) groups is 1.